The quantitative estimate of drug-likeness (QED) is 0.860. The van der Waals surface area contributed by atoms with Crippen LogP contribution in [0.2, 0.25) is 0 Å². The number of hydrogen-bond donors (Lipinski definition) is 1. The van der Waals surface area contributed by atoms with Gasteiger partial charge in [0.15, 0.2) is 0 Å². The minimum Gasteiger partial charge on any atom is -0.374 e. The lowest BCUT2D eigenvalue weighted by Crippen LogP contribution is -2.27. The highest BCUT2D eigenvalue weighted by Crippen LogP contribution is 2.22. The van der Waals surface area contributed by atoms with Gasteiger partial charge >= 0.3 is 0 Å². The van der Waals surface area contributed by atoms with Crippen LogP contribution in [0, 0.1) is 12.8 Å². The summed E-state index contributed by atoms with van der Waals surface area (Å²) in [6.45, 7) is 10.0. The molecule has 0 amide bonds. The third-order valence-corrected chi connectivity index (χ3v) is 4.35. The van der Waals surface area contributed by atoms with Crippen LogP contribution in [0.1, 0.15) is 24.5 Å². The molecule has 0 radical (unpaired) electrons. The molecule has 1 aliphatic heterocycles. The van der Waals surface area contributed by atoms with Crippen molar-refractivity contribution in [1.29, 1.82) is 0 Å². The monoisotopic (exact) mass is 275 g/mol. The van der Waals surface area contributed by atoms with E-state index in [9.17, 15) is 0 Å². The lowest BCUT2D eigenvalue weighted by molar-refractivity contribution is 0.396. The molecule has 1 N–H and O–H groups in total. The molecule has 1 fully saturated rings. The van der Waals surface area contributed by atoms with Crippen molar-refractivity contribution in [3.8, 4) is 0 Å². The summed E-state index contributed by atoms with van der Waals surface area (Å²) in [5.74, 6) is 0.812. The van der Waals surface area contributed by atoms with Gasteiger partial charge in [0.2, 0.25) is 0 Å². The van der Waals surface area contributed by atoms with Gasteiger partial charge in [-0.1, -0.05) is 13.0 Å². The van der Waals surface area contributed by atoms with E-state index in [0.29, 0.717) is 0 Å². The third-order valence-electron chi connectivity index (χ3n) is 4.35. The highest BCUT2D eigenvalue weighted by molar-refractivity contribution is 5.50. The van der Waals surface area contributed by atoms with E-state index in [1.807, 2.05) is 0 Å². The van der Waals surface area contributed by atoms with Crippen LogP contribution in [0.15, 0.2) is 18.2 Å². The Balaban J connectivity index is 1.96. The fraction of sp³-hybridized carbons (Fsp3) is 0.647. The largest absolute Gasteiger partial charge is 0.374 e. The van der Waals surface area contributed by atoms with Crippen molar-refractivity contribution in [3.63, 3.8) is 0 Å². The van der Waals surface area contributed by atoms with E-state index >= 15 is 0 Å². The van der Waals surface area contributed by atoms with Gasteiger partial charge in [-0.2, -0.15) is 0 Å². The summed E-state index contributed by atoms with van der Waals surface area (Å²) < 4.78 is 0. The summed E-state index contributed by atoms with van der Waals surface area (Å²) in [7, 11) is 4.44. The predicted octanol–water partition coefficient (Wildman–Crippen LogP) is 2.49. The van der Waals surface area contributed by atoms with Crippen LogP contribution in [0.3, 0.4) is 0 Å². The normalized spacial score (nSPS) is 19.5. The molecule has 2 rings (SSSR count). The average Bonchev–Trinajstić information content (AvgIpc) is 2.82. The summed E-state index contributed by atoms with van der Waals surface area (Å²) in [6.07, 6.45) is 1.33. The highest BCUT2D eigenvalue weighted by atomic mass is 15.1. The topological polar surface area (TPSA) is 18.5 Å². The number of rotatable bonds is 6. The molecule has 0 saturated carbocycles. The first-order valence-corrected chi connectivity index (χ1v) is 7.80. The second kappa shape index (κ2) is 7.09. The highest BCUT2D eigenvalue weighted by Gasteiger charge is 2.20. The Morgan fingerprint density at radius 3 is 2.80 bits per heavy atom. The standard InChI is InChI=1S/C17H29N3/c1-5-18-11-16-6-7-17(10-14(16)2)20(4)13-15-8-9-19(3)12-15/h6-7,10,15,18H,5,8-9,11-13H2,1-4H3. The average molecular weight is 275 g/mol. The Kier molecular flexibility index (Phi) is 5.44. The maximum absolute atomic E-state index is 3.40. The first-order chi connectivity index (χ1) is 9.60. The molecule has 0 aromatic heterocycles. The minimum atomic E-state index is 0.812. The number of nitrogens with zero attached hydrogens (tertiary/aromatic N) is 2. The van der Waals surface area contributed by atoms with Gasteiger partial charge in [-0.25, -0.2) is 0 Å². The fourth-order valence-electron chi connectivity index (χ4n) is 3.04. The van der Waals surface area contributed by atoms with E-state index in [1.54, 1.807) is 0 Å². The van der Waals surface area contributed by atoms with Gasteiger partial charge in [-0.3, -0.25) is 0 Å². The molecule has 1 aliphatic rings. The van der Waals surface area contributed by atoms with Gasteiger partial charge in [0.25, 0.3) is 0 Å². The van der Waals surface area contributed by atoms with Crippen molar-refractivity contribution in [2.45, 2.75) is 26.8 Å². The number of aryl methyl sites for hydroxylation is 1. The first kappa shape index (κ1) is 15.3. The Labute approximate surface area is 124 Å². The molecule has 1 aromatic carbocycles. The molecule has 20 heavy (non-hydrogen) atoms. The number of likely N-dealkylation sites (tertiary alicyclic amines) is 1. The zero-order chi connectivity index (χ0) is 14.5. The molecule has 112 valence electrons. The van der Waals surface area contributed by atoms with Gasteiger partial charge in [0, 0.05) is 32.4 Å². The van der Waals surface area contributed by atoms with Crippen molar-refractivity contribution < 1.29 is 0 Å². The van der Waals surface area contributed by atoms with E-state index < -0.39 is 0 Å². The lowest BCUT2D eigenvalue weighted by Gasteiger charge is -2.24. The Morgan fingerprint density at radius 2 is 2.20 bits per heavy atom. The van der Waals surface area contributed by atoms with Gasteiger partial charge < -0.3 is 15.1 Å². The fourth-order valence-corrected chi connectivity index (χ4v) is 3.04. The Hall–Kier alpha value is -1.06. The molecule has 1 atom stereocenters. The molecule has 1 unspecified atom stereocenters. The van der Waals surface area contributed by atoms with Crippen molar-refractivity contribution in [2.24, 2.45) is 5.92 Å². The number of anilines is 1. The van der Waals surface area contributed by atoms with Crippen LogP contribution in [0.5, 0.6) is 0 Å². The zero-order valence-corrected chi connectivity index (χ0v) is 13.4. The summed E-state index contributed by atoms with van der Waals surface area (Å²) in [4.78, 5) is 4.84. The molecule has 3 heteroatoms. The first-order valence-electron chi connectivity index (χ1n) is 7.80. The van der Waals surface area contributed by atoms with Crippen molar-refractivity contribution in [2.75, 3.05) is 45.2 Å². The lowest BCUT2D eigenvalue weighted by atomic mass is 10.1. The molecular formula is C17H29N3. The van der Waals surface area contributed by atoms with E-state index in [0.717, 1.165) is 25.6 Å². The SMILES string of the molecule is CCNCc1ccc(N(C)CC2CCN(C)C2)cc1C. The molecule has 0 aliphatic carbocycles. The van der Waals surface area contributed by atoms with Gasteiger partial charge in [0.05, 0.1) is 0 Å². The minimum absolute atomic E-state index is 0.812. The van der Waals surface area contributed by atoms with Gasteiger partial charge in [-0.15, -0.1) is 0 Å². The molecule has 1 saturated heterocycles. The smallest absolute Gasteiger partial charge is 0.0366 e. The van der Waals surface area contributed by atoms with Crippen LogP contribution in [0.4, 0.5) is 5.69 Å². The molecule has 0 spiro atoms. The summed E-state index contributed by atoms with van der Waals surface area (Å²) in [6, 6.07) is 6.86. The molecular weight excluding hydrogens is 246 g/mol. The predicted molar refractivity (Wildman–Crippen MR) is 87.4 cm³/mol. The zero-order valence-electron chi connectivity index (χ0n) is 13.4. The van der Waals surface area contributed by atoms with Gasteiger partial charge in [-0.05, 0) is 62.7 Å². The van der Waals surface area contributed by atoms with Crippen LogP contribution in [0.25, 0.3) is 0 Å². The number of benzene rings is 1. The Morgan fingerprint density at radius 1 is 1.40 bits per heavy atom. The maximum atomic E-state index is 3.40. The summed E-state index contributed by atoms with van der Waals surface area (Å²) >= 11 is 0. The second-order valence-electron chi connectivity index (χ2n) is 6.19. The van der Waals surface area contributed by atoms with E-state index in [2.05, 4.69) is 61.3 Å². The van der Waals surface area contributed by atoms with Crippen LogP contribution in [-0.4, -0.2) is 45.2 Å². The number of hydrogen-bond acceptors (Lipinski definition) is 3. The molecule has 1 heterocycles. The van der Waals surface area contributed by atoms with Crippen molar-refractivity contribution in [3.05, 3.63) is 29.3 Å². The number of nitrogens with one attached hydrogen (secondary N) is 1. The van der Waals surface area contributed by atoms with E-state index in [-0.39, 0.29) is 0 Å². The van der Waals surface area contributed by atoms with E-state index in [1.165, 1.54) is 36.3 Å². The summed E-state index contributed by atoms with van der Waals surface area (Å²) in [5, 5.41) is 3.40. The second-order valence-corrected chi connectivity index (χ2v) is 6.19. The van der Waals surface area contributed by atoms with E-state index in [4.69, 9.17) is 0 Å². The molecule has 3 nitrogen and oxygen atoms in total. The molecule has 0 bridgehead atoms. The van der Waals surface area contributed by atoms with Crippen molar-refractivity contribution >= 4 is 5.69 Å². The maximum Gasteiger partial charge on any atom is 0.0366 e. The van der Waals surface area contributed by atoms with Gasteiger partial charge in [0.1, 0.15) is 0 Å². The summed E-state index contributed by atoms with van der Waals surface area (Å²) in [5.41, 5.74) is 4.14. The van der Waals surface area contributed by atoms with Crippen LogP contribution >= 0.6 is 0 Å². The van der Waals surface area contributed by atoms with Crippen molar-refractivity contribution in [1.82, 2.24) is 10.2 Å². The van der Waals surface area contributed by atoms with Crippen LogP contribution < -0.4 is 10.2 Å². The van der Waals surface area contributed by atoms with Crippen LogP contribution in [-0.2, 0) is 6.54 Å². The third kappa shape index (κ3) is 3.97. The Bertz CT molecular complexity index is 430. The molecule has 1 aromatic rings.